The van der Waals surface area contributed by atoms with Crippen LogP contribution in [0.15, 0.2) is 0 Å². The maximum absolute atomic E-state index is 9.25. The van der Waals surface area contributed by atoms with Gasteiger partial charge in [0.25, 0.3) is 0 Å². The summed E-state index contributed by atoms with van der Waals surface area (Å²) >= 11 is 0. The number of aliphatic hydroxyl groups excluding tert-OH is 1. The highest BCUT2D eigenvalue weighted by Crippen LogP contribution is 2.67. The molecule has 0 aromatic rings. The van der Waals surface area contributed by atoms with Crippen LogP contribution in [0.3, 0.4) is 0 Å². The molecule has 0 aliphatic heterocycles. The maximum Gasteiger partial charge on any atom is 0.0504 e. The summed E-state index contributed by atoms with van der Waals surface area (Å²) in [5.74, 6) is 0.954. The Labute approximate surface area is 74.1 Å². The molecule has 3 N–H and O–H groups in total. The average molecular weight is 169 g/mol. The summed E-state index contributed by atoms with van der Waals surface area (Å²) in [6.07, 6.45) is 5.25. The Balaban J connectivity index is 1.95. The van der Waals surface area contributed by atoms with E-state index in [9.17, 15) is 5.11 Å². The van der Waals surface area contributed by atoms with Crippen LogP contribution in [0.5, 0.6) is 0 Å². The molecule has 0 aromatic heterocycles. The van der Waals surface area contributed by atoms with Crippen molar-refractivity contribution in [3.8, 4) is 0 Å². The normalized spacial score (nSPS) is 46.2. The molecule has 2 aliphatic carbocycles. The van der Waals surface area contributed by atoms with Gasteiger partial charge >= 0.3 is 0 Å². The minimum atomic E-state index is 0.0928. The van der Waals surface area contributed by atoms with E-state index < -0.39 is 0 Å². The molecule has 2 heteroatoms. The van der Waals surface area contributed by atoms with Crippen LogP contribution in [-0.4, -0.2) is 18.3 Å². The van der Waals surface area contributed by atoms with Crippen molar-refractivity contribution < 1.29 is 5.11 Å². The molecule has 2 fully saturated rings. The van der Waals surface area contributed by atoms with Crippen molar-refractivity contribution in [2.75, 3.05) is 13.2 Å². The van der Waals surface area contributed by atoms with Gasteiger partial charge < -0.3 is 10.8 Å². The predicted molar refractivity (Wildman–Crippen MR) is 48.6 cm³/mol. The Morgan fingerprint density at radius 1 is 1.50 bits per heavy atom. The Morgan fingerprint density at radius 2 is 2.17 bits per heavy atom. The summed E-state index contributed by atoms with van der Waals surface area (Å²) < 4.78 is 0. The second-order valence-corrected chi connectivity index (χ2v) is 5.03. The van der Waals surface area contributed by atoms with Gasteiger partial charge in [0.1, 0.15) is 0 Å². The Bertz CT molecular complexity index is 184. The van der Waals surface area contributed by atoms with E-state index in [-0.39, 0.29) is 12.0 Å². The molecule has 0 heterocycles. The van der Waals surface area contributed by atoms with E-state index in [1.165, 1.54) is 19.3 Å². The molecule has 12 heavy (non-hydrogen) atoms. The summed E-state index contributed by atoms with van der Waals surface area (Å²) in [4.78, 5) is 0. The van der Waals surface area contributed by atoms with Crippen molar-refractivity contribution >= 4 is 0 Å². The quantitative estimate of drug-likeness (QED) is 0.662. The Morgan fingerprint density at radius 3 is 2.50 bits per heavy atom. The van der Waals surface area contributed by atoms with Gasteiger partial charge in [0.05, 0.1) is 6.61 Å². The molecule has 2 atom stereocenters. The smallest absolute Gasteiger partial charge is 0.0504 e. The second kappa shape index (κ2) is 2.46. The van der Waals surface area contributed by atoms with E-state index in [0.29, 0.717) is 12.0 Å². The average Bonchev–Trinajstić information content (AvgIpc) is 2.91. The van der Waals surface area contributed by atoms with Crippen LogP contribution in [0.2, 0.25) is 0 Å². The molecular weight excluding hydrogens is 150 g/mol. The van der Waals surface area contributed by atoms with Crippen LogP contribution in [0, 0.1) is 16.7 Å². The lowest BCUT2D eigenvalue weighted by molar-refractivity contribution is 0.174. The molecule has 0 radical (unpaired) electrons. The number of nitrogens with two attached hydrogens (primary N) is 1. The van der Waals surface area contributed by atoms with Crippen molar-refractivity contribution in [3.63, 3.8) is 0 Å². The van der Waals surface area contributed by atoms with Gasteiger partial charge in [-0.3, -0.25) is 0 Å². The fraction of sp³-hybridized carbons (Fsp3) is 1.00. The van der Waals surface area contributed by atoms with Crippen molar-refractivity contribution in [2.24, 2.45) is 22.5 Å². The fourth-order valence-electron chi connectivity index (χ4n) is 2.58. The summed E-state index contributed by atoms with van der Waals surface area (Å²) in [5, 5.41) is 9.25. The molecule has 2 rings (SSSR count). The fourth-order valence-corrected chi connectivity index (χ4v) is 2.58. The molecule has 70 valence electrons. The van der Waals surface area contributed by atoms with Crippen LogP contribution >= 0.6 is 0 Å². The van der Waals surface area contributed by atoms with Crippen LogP contribution in [0.1, 0.15) is 32.6 Å². The van der Waals surface area contributed by atoms with E-state index in [4.69, 9.17) is 5.73 Å². The Kier molecular flexibility index (Phi) is 1.74. The minimum Gasteiger partial charge on any atom is -0.396 e. The zero-order chi connectivity index (χ0) is 8.82. The number of aliphatic hydroxyl groups is 1. The standard InChI is InChI=1S/C10H19NO/c1-9(4-8-2-3-8)5-10(9,6-11)7-12/h8,12H,2-7,11H2,1H3. The highest BCUT2D eigenvalue weighted by atomic mass is 16.3. The molecule has 2 saturated carbocycles. The molecule has 0 aromatic carbocycles. The van der Waals surface area contributed by atoms with E-state index >= 15 is 0 Å². The number of hydrogen-bond donors (Lipinski definition) is 2. The highest BCUT2D eigenvalue weighted by molar-refractivity contribution is 5.13. The van der Waals surface area contributed by atoms with Crippen molar-refractivity contribution in [1.82, 2.24) is 0 Å². The topological polar surface area (TPSA) is 46.2 Å². The SMILES string of the molecule is CC1(CC2CC2)CC1(CN)CO. The lowest BCUT2D eigenvalue weighted by atomic mass is 9.90. The third-order valence-electron chi connectivity index (χ3n) is 4.01. The van der Waals surface area contributed by atoms with Crippen molar-refractivity contribution in [1.29, 1.82) is 0 Å². The molecule has 0 saturated heterocycles. The number of hydrogen-bond acceptors (Lipinski definition) is 2. The van der Waals surface area contributed by atoms with E-state index in [1.807, 2.05) is 0 Å². The highest BCUT2D eigenvalue weighted by Gasteiger charge is 2.63. The first-order valence-corrected chi connectivity index (χ1v) is 4.97. The van der Waals surface area contributed by atoms with Crippen LogP contribution < -0.4 is 5.73 Å². The first-order valence-electron chi connectivity index (χ1n) is 4.97. The van der Waals surface area contributed by atoms with Gasteiger partial charge in [-0.1, -0.05) is 19.8 Å². The lowest BCUT2D eigenvalue weighted by Crippen LogP contribution is -2.26. The predicted octanol–water partition coefficient (Wildman–Crippen LogP) is 1.13. The lowest BCUT2D eigenvalue weighted by Gasteiger charge is -2.18. The minimum absolute atomic E-state index is 0.0928. The molecular formula is C10H19NO. The van der Waals surface area contributed by atoms with Crippen molar-refractivity contribution in [2.45, 2.75) is 32.6 Å². The van der Waals surface area contributed by atoms with Gasteiger partial charge in [-0.2, -0.15) is 0 Å². The Hall–Kier alpha value is -0.0800. The largest absolute Gasteiger partial charge is 0.396 e. The maximum atomic E-state index is 9.25. The van der Waals surface area contributed by atoms with Gasteiger partial charge in [-0.25, -0.2) is 0 Å². The first-order chi connectivity index (χ1) is 5.66. The van der Waals surface area contributed by atoms with Crippen LogP contribution in [-0.2, 0) is 0 Å². The summed E-state index contributed by atoms with van der Waals surface area (Å²) in [7, 11) is 0. The van der Waals surface area contributed by atoms with Gasteiger partial charge in [0, 0.05) is 12.0 Å². The molecule has 2 aliphatic rings. The monoisotopic (exact) mass is 169 g/mol. The molecule has 2 unspecified atom stereocenters. The van der Waals surface area contributed by atoms with E-state index in [1.54, 1.807) is 0 Å². The first kappa shape index (κ1) is 8.52. The van der Waals surface area contributed by atoms with Gasteiger partial charge in [-0.05, 0) is 24.2 Å². The molecule has 0 bridgehead atoms. The van der Waals surface area contributed by atoms with Gasteiger partial charge in [0.2, 0.25) is 0 Å². The van der Waals surface area contributed by atoms with Crippen molar-refractivity contribution in [3.05, 3.63) is 0 Å². The van der Waals surface area contributed by atoms with Gasteiger partial charge in [-0.15, -0.1) is 0 Å². The van der Waals surface area contributed by atoms with Crippen LogP contribution in [0.4, 0.5) is 0 Å². The molecule has 2 nitrogen and oxygen atoms in total. The zero-order valence-corrected chi connectivity index (χ0v) is 7.84. The van der Waals surface area contributed by atoms with E-state index in [2.05, 4.69) is 6.92 Å². The second-order valence-electron chi connectivity index (χ2n) is 5.03. The zero-order valence-electron chi connectivity index (χ0n) is 7.84. The summed E-state index contributed by atoms with van der Waals surface area (Å²) in [5.41, 5.74) is 6.16. The number of rotatable bonds is 4. The summed E-state index contributed by atoms with van der Waals surface area (Å²) in [6.45, 7) is 3.23. The van der Waals surface area contributed by atoms with Crippen LogP contribution in [0.25, 0.3) is 0 Å². The van der Waals surface area contributed by atoms with Gasteiger partial charge in [0.15, 0.2) is 0 Å². The molecule has 0 amide bonds. The third kappa shape index (κ3) is 1.09. The van der Waals surface area contributed by atoms with E-state index in [0.717, 1.165) is 12.3 Å². The molecule has 0 spiro atoms. The summed E-state index contributed by atoms with van der Waals surface area (Å²) in [6, 6.07) is 0. The third-order valence-corrected chi connectivity index (χ3v) is 4.01.